The first kappa shape index (κ1) is 13.0. The average molecular weight is 213 g/mol. The Balaban J connectivity index is 2.08. The minimum absolute atomic E-state index is 0.367. The minimum Gasteiger partial charge on any atom is -0.378 e. The van der Waals surface area contributed by atoms with Crippen molar-refractivity contribution in [2.75, 3.05) is 6.61 Å². The van der Waals surface area contributed by atoms with Gasteiger partial charge in [-0.3, -0.25) is 0 Å². The Bertz CT molecular complexity index is 164. The molecule has 0 aromatic carbocycles. The maximum Gasteiger partial charge on any atom is 0.0576 e. The van der Waals surface area contributed by atoms with E-state index in [1.165, 1.54) is 25.7 Å². The molecule has 1 fully saturated rings. The summed E-state index contributed by atoms with van der Waals surface area (Å²) in [5.74, 6) is 1.33. The van der Waals surface area contributed by atoms with Crippen LogP contribution in [0.1, 0.15) is 52.9 Å². The lowest BCUT2D eigenvalue weighted by molar-refractivity contribution is 0.101. The van der Waals surface area contributed by atoms with Crippen LogP contribution in [-0.4, -0.2) is 18.8 Å². The van der Waals surface area contributed by atoms with Gasteiger partial charge in [0.1, 0.15) is 0 Å². The monoisotopic (exact) mass is 213 g/mol. The second-order valence-corrected chi connectivity index (χ2v) is 5.33. The summed E-state index contributed by atoms with van der Waals surface area (Å²) in [5.41, 5.74) is 6.16. The first-order valence-electron chi connectivity index (χ1n) is 6.48. The van der Waals surface area contributed by atoms with E-state index < -0.39 is 0 Å². The van der Waals surface area contributed by atoms with Crippen molar-refractivity contribution in [3.63, 3.8) is 0 Å². The lowest BCUT2D eigenvalue weighted by Crippen LogP contribution is -2.31. The van der Waals surface area contributed by atoms with E-state index in [9.17, 15) is 0 Å². The molecule has 3 unspecified atom stereocenters. The average Bonchev–Trinajstić information content (AvgIpc) is 2.69. The van der Waals surface area contributed by atoms with Crippen LogP contribution in [0.3, 0.4) is 0 Å². The first-order chi connectivity index (χ1) is 7.11. The Morgan fingerprint density at radius 2 is 2.07 bits per heavy atom. The molecule has 1 heterocycles. The Hall–Kier alpha value is -0.0800. The Kier molecular flexibility index (Phi) is 5.62. The van der Waals surface area contributed by atoms with Gasteiger partial charge in [0.15, 0.2) is 0 Å². The summed E-state index contributed by atoms with van der Waals surface area (Å²) in [6.45, 7) is 7.75. The van der Waals surface area contributed by atoms with Gasteiger partial charge in [-0.2, -0.15) is 0 Å². The standard InChI is InChI=1S/C13H27NO/c1-10(2)11(3)13(14)8-4-6-12-7-5-9-15-12/h10-13H,4-9,14H2,1-3H3. The number of hydrogen-bond donors (Lipinski definition) is 1. The molecule has 1 aliphatic heterocycles. The van der Waals surface area contributed by atoms with Gasteiger partial charge in [-0.15, -0.1) is 0 Å². The molecule has 1 aliphatic rings. The fraction of sp³-hybridized carbons (Fsp3) is 1.00. The maximum atomic E-state index is 6.16. The van der Waals surface area contributed by atoms with Crippen LogP contribution in [0.2, 0.25) is 0 Å². The third-order valence-electron chi connectivity index (χ3n) is 3.81. The molecular weight excluding hydrogens is 186 g/mol. The second kappa shape index (κ2) is 6.49. The Morgan fingerprint density at radius 1 is 1.33 bits per heavy atom. The van der Waals surface area contributed by atoms with Crippen LogP contribution < -0.4 is 5.73 Å². The van der Waals surface area contributed by atoms with Gasteiger partial charge in [0.25, 0.3) is 0 Å². The van der Waals surface area contributed by atoms with Crippen LogP contribution in [0.4, 0.5) is 0 Å². The van der Waals surface area contributed by atoms with Gasteiger partial charge in [0, 0.05) is 12.6 Å². The molecule has 0 radical (unpaired) electrons. The maximum absolute atomic E-state index is 6.16. The van der Waals surface area contributed by atoms with Crippen LogP contribution in [0.25, 0.3) is 0 Å². The molecule has 0 aliphatic carbocycles. The van der Waals surface area contributed by atoms with E-state index >= 15 is 0 Å². The van der Waals surface area contributed by atoms with Crippen LogP contribution in [0.15, 0.2) is 0 Å². The Labute approximate surface area is 94.6 Å². The highest BCUT2D eigenvalue weighted by Crippen LogP contribution is 2.21. The highest BCUT2D eigenvalue weighted by atomic mass is 16.5. The van der Waals surface area contributed by atoms with Gasteiger partial charge >= 0.3 is 0 Å². The predicted octanol–water partition coefficient (Wildman–Crippen LogP) is 2.96. The van der Waals surface area contributed by atoms with Crippen LogP contribution in [0.5, 0.6) is 0 Å². The van der Waals surface area contributed by atoms with Crippen LogP contribution in [0, 0.1) is 11.8 Å². The van der Waals surface area contributed by atoms with Crippen molar-refractivity contribution in [2.45, 2.75) is 65.0 Å². The third kappa shape index (κ3) is 4.52. The zero-order valence-corrected chi connectivity index (χ0v) is 10.5. The molecule has 2 heteroatoms. The molecule has 0 aromatic rings. The van der Waals surface area contributed by atoms with Gasteiger partial charge < -0.3 is 10.5 Å². The van der Waals surface area contributed by atoms with Gasteiger partial charge in [-0.25, -0.2) is 0 Å². The number of rotatable bonds is 6. The SMILES string of the molecule is CC(C)C(C)C(N)CCCC1CCCO1. The summed E-state index contributed by atoms with van der Waals surface area (Å²) in [6, 6.07) is 0.367. The Morgan fingerprint density at radius 3 is 2.60 bits per heavy atom. The van der Waals surface area contributed by atoms with Crippen molar-refractivity contribution in [3.05, 3.63) is 0 Å². The molecule has 0 bridgehead atoms. The zero-order chi connectivity index (χ0) is 11.3. The molecule has 0 aromatic heterocycles. The van der Waals surface area contributed by atoms with Crippen molar-refractivity contribution < 1.29 is 4.74 Å². The second-order valence-electron chi connectivity index (χ2n) is 5.33. The van der Waals surface area contributed by atoms with Crippen LogP contribution >= 0.6 is 0 Å². The normalized spacial score (nSPS) is 25.8. The number of nitrogens with two attached hydrogens (primary N) is 1. The molecule has 0 amide bonds. The molecule has 2 nitrogen and oxygen atoms in total. The molecular formula is C13H27NO. The lowest BCUT2D eigenvalue weighted by atomic mass is 9.88. The number of hydrogen-bond acceptors (Lipinski definition) is 2. The van der Waals surface area contributed by atoms with E-state index in [2.05, 4.69) is 20.8 Å². The van der Waals surface area contributed by atoms with E-state index in [-0.39, 0.29) is 0 Å². The minimum atomic E-state index is 0.367. The molecule has 0 spiro atoms. The molecule has 0 saturated carbocycles. The van der Waals surface area contributed by atoms with Gasteiger partial charge in [-0.05, 0) is 43.9 Å². The van der Waals surface area contributed by atoms with Gasteiger partial charge in [0.05, 0.1) is 6.10 Å². The summed E-state index contributed by atoms with van der Waals surface area (Å²) in [4.78, 5) is 0. The van der Waals surface area contributed by atoms with Crippen molar-refractivity contribution in [1.82, 2.24) is 0 Å². The van der Waals surface area contributed by atoms with Crippen molar-refractivity contribution >= 4 is 0 Å². The smallest absolute Gasteiger partial charge is 0.0576 e. The molecule has 3 atom stereocenters. The quantitative estimate of drug-likeness (QED) is 0.736. The molecule has 1 saturated heterocycles. The first-order valence-corrected chi connectivity index (χ1v) is 6.48. The van der Waals surface area contributed by atoms with Crippen LogP contribution in [-0.2, 0) is 4.74 Å². The highest BCUT2D eigenvalue weighted by molar-refractivity contribution is 4.73. The van der Waals surface area contributed by atoms with E-state index in [0.29, 0.717) is 24.0 Å². The highest BCUT2D eigenvalue weighted by Gasteiger charge is 2.18. The summed E-state index contributed by atoms with van der Waals surface area (Å²) in [5, 5.41) is 0. The lowest BCUT2D eigenvalue weighted by Gasteiger charge is -2.23. The van der Waals surface area contributed by atoms with E-state index in [4.69, 9.17) is 10.5 Å². The largest absolute Gasteiger partial charge is 0.378 e. The van der Waals surface area contributed by atoms with E-state index in [1.807, 2.05) is 0 Å². The molecule has 2 N–H and O–H groups in total. The summed E-state index contributed by atoms with van der Waals surface area (Å²) >= 11 is 0. The topological polar surface area (TPSA) is 35.2 Å². The van der Waals surface area contributed by atoms with E-state index in [1.54, 1.807) is 0 Å². The molecule has 1 rings (SSSR count). The van der Waals surface area contributed by atoms with Crippen molar-refractivity contribution in [3.8, 4) is 0 Å². The fourth-order valence-corrected chi connectivity index (χ4v) is 2.21. The van der Waals surface area contributed by atoms with Gasteiger partial charge in [0.2, 0.25) is 0 Å². The molecule has 15 heavy (non-hydrogen) atoms. The zero-order valence-electron chi connectivity index (χ0n) is 10.5. The number of ether oxygens (including phenoxy) is 1. The third-order valence-corrected chi connectivity index (χ3v) is 3.81. The van der Waals surface area contributed by atoms with Gasteiger partial charge in [-0.1, -0.05) is 20.8 Å². The summed E-state index contributed by atoms with van der Waals surface area (Å²) in [7, 11) is 0. The molecule has 90 valence electrons. The summed E-state index contributed by atoms with van der Waals surface area (Å²) < 4.78 is 5.60. The fourth-order valence-electron chi connectivity index (χ4n) is 2.21. The summed E-state index contributed by atoms with van der Waals surface area (Å²) in [6.07, 6.45) is 6.63. The predicted molar refractivity (Wildman–Crippen MR) is 64.8 cm³/mol. The van der Waals surface area contributed by atoms with E-state index in [0.717, 1.165) is 13.0 Å². The van der Waals surface area contributed by atoms with Crippen molar-refractivity contribution in [1.29, 1.82) is 0 Å². The van der Waals surface area contributed by atoms with Crippen molar-refractivity contribution in [2.24, 2.45) is 17.6 Å².